The summed E-state index contributed by atoms with van der Waals surface area (Å²) in [6, 6.07) is -0.112. The molecule has 0 aromatic rings. The van der Waals surface area contributed by atoms with Crippen LogP contribution in [0.15, 0.2) is 11.5 Å². The molecule has 4 unspecified atom stereocenters. The van der Waals surface area contributed by atoms with E-state index in [1.165, 1.54) is 17.9 Å². The molecular weight excluding hydrogens is 293 g/mol. The van der Waals surface area contributed by atoms with Crippen LogP contribution in [-0.4, -0.2) is 30.0 Å². The largest absolute Gasteiger partial charge is 0.349 e. The maximum absolute atomic E-state index is 14.1. The number of carbonyl (C=O) groups excluding carboxylic acids is 1. The van der Waals surface area contributed by atoms with Gasteiger partial charge in [0.1, 0.15) is 0 Å². The average molecular weight is 325 g/mol. The average Bonchev–Trinajstić information content (AvgIpc) is 2.71. The van der Waals surface area contributed by atoms with Crippen molar-refractivity contribution < 1.29 is 9.18 Å². The van der Waals surface area contributed by atoms with E-state index in [0.717, 1.165) is 19.3 Å². The van der Waals surface area contributed by atoms with E-state index in [4.69, 9.17) is 0 Å². The molecule has 0 aromatic carbocycles. The molecule has 0 radical (unpaired) electrons. The highest BCUT2D eigenvalue weighted by atomic mass is 19.1. The van der Waals surface area contributed by atoms with E-state index in [2.05, 4.69) is 31.5 Å². The van der Waals surface area contributed by atoms with E-state index >= 15 is 0 Å². The maximum atomic E-state index is 14.1. The van der Waals surface area contributed by atoms with Crippen LogP contribution in [0.1, 0.15) is 59.8 Å². The predicted molar refractivity (Wildman–Crippen MR) is 91.0 cm³/mol. The van der Waals surface area contributed by atoms with E-state index in [9.17, 15) is 9.18 Å². The Bertz CT molecular complexity index is 463. The zero-order chi connectivity index (χ0) is 17.1. The zero-order valence-corrected chi connectivity index (χ0v) is 15.2. The van der Waals surface area contributed by atoms with Crippen LogP contribution >= 0.6 is 0 Å². The van der Waals surface area contributed by atoms with Crippen LogP contribution in [0.25, 0.3) is 0 Å². The van der Waals surface area contributed by atoms with Gasteiger partial charge < -0.3 is 5.32 Å². The molecule has 5 heteroatoms. The zero-order valence-electron chi connectivity index (χ0n) is 15.2. The normalized spacial score (nSPS) is 30.0. The van der Waals surface area contributed by atoms with Crippen molar-refractivity contribution in [1.82, 2.24) is 15.8 Å². The van der Waals surface area contributed by atoms with Crippen molar-refractivity contribution in [1.29, 1.82) is 0 Å². The fourth-order valence-electron chi connectivity index (χ4n) is 4.25. The Morgan fingerprint density at radius 1 is 1.35 bits per heavy atom. The second-order valence-electron chi connectivity index (χ2n) is 7.75. The molecule has 2 N–H and O–H groups in total. The number of hydrogen-bond donors (Lipinski definition) is 2. The van der Waals surface area contributed by atoms with Gasteiger partial charge in [0.05, 0.1) is 11.6 Å². The molecule has 1 fully saturated rings. The molecule has 0 saturated heterocycles. The van der Waals surface area contributed by atoms with Crippen molar-refractivity contribution in [2.75, 3.05) is 7.05 Å². The Morgan fingerprint density at radius 2 is 2.00 bits per heavy atom. The van der Waals surface area contributed by atoms with Crippen LogP contribution in [0.5, 0.6) is 0 Å². The first kappa shape index (κ1) is 18.2. The van der Waals surface area contributed by atoms with E-state index in [-0.39, 0.29) is 23.6 Å². The number of nitrogens with zero attached hydrogens (tertiary/aromatic N) is 1. The highest BCUT2D eigenvalue weighted by Crippen LogP contribution is 2.34. The lowest BCUT2D eigenvalue weighted by molar-refractivity contribution is -0.119. The fraction of sp³-hybridized carbons (Fsp3) is 0.833. The highest BCUT2D eigenvalue weighted by Gasteiger charge is 2.35. The van der Waals surface area contributed by atoms with Crippen molar-refractivity contribution in [3.8, 4) is 0 Å². The van der Waals surface area contributed by atoms with Crippen molar-refractivity contribution >= 4 is 5.91 Å². The fourth-order valence-corrected chi connectivity index (χ4v) is 4.25. The van der Waals surface area contributed by atoms with Gasteiger partial charge in [-0.15, -0.1) is 0 Å². The van der Waals surface area contributed by atoms with Gasteiger partial charge in [0.2, 0.25) is 5.95 Å². The summed E-state index contributed by atoms with van der Waals surface area (Å²) in [6.45, 7) is 8.60. The lowest BCUT2D eigenvalue weighted by atomic mass is 9.74. The number of carbonyl (C=O) groups is 1. The van der Waals surface area contributed by atoms with E-state index in [1.54, 1.807) is 7.05 Å². The third-order valence-electron chi connectivity index (χ3n) is 5.29. The summed E-state index contributed by atoms with van der Waals surface area (Å²) < 4.78 is 14.1. The van der Waals surface area contributed by atoms with Gasteiger partial charge in [0.25, 0.3) is 5.91 Å². The minimum Gasteiger partial charge on any atom is -0.349 e. The first-order valence-electron chi connectivity index (χ1n) is 9.01. The summed E-state index contributed by atoms with van der Waals surface area (Å²) in [5.41, 5.74) is 3.15. The lowest BCUT2D eigenvalue weighted by Gasteiger charge is -2.37. The molecule has 0 spiro atoms. The third-order valence-corrected chi connectivity index (χ3v) is 5.29. The van der Waals surface area contributed by atoms with Gasteiger partial charge in [0.15, 0.2) is 0 Å². The molecule has 132 valence electrons. The van der Waals surface area contributed by atoms with Crippen molar-refractivity contribution in [2.45, 2.75) is 71.9 Å². The summed E-state index contributed by atoms with van der Waals surface area (Å²) in [5.74, 6) is 1.04. The van der Waals surface area contributed by atoms with Crippen molar-refractivity contribution in [3.63, 3.8) is 0 Å². The summed E-state index contributed by atoms with van der Waals surface area (Å²) in [7, 11) is 1.60. The molecule has 1 aliphatic heterocycles. The smallest absolute Gasteiger partial charge is 0.253 e. The molecule has 1 saturated carbocycles. The minimum absolute atomic E-state index is 0.170. The molecule has 4 atom stereocenters. The molecule has 4 nitrogen and oxygen atoms in total. The van der Waals surface area contributed by atoms with E-state index in [0.29, 0.717) is 17.8 Å². The summed E-state index contributed by atoms with van der Waals surface area (Å²) in [4.78, 5) is 12.6. The Kier molecular flexibility index (Phi) is 6.06. The summed E-state index contributed by atoms with van der Waals surface area (Å²) in [6.07, 6.45) is 5.72. The van der Waals surface area contributed by atoms with E-state index in [1.807, 2.05) is 6.92 Å². The van der Waals surface area contributed by atoms with Gasteiger partial charge >= 0.3 is 0 Å². The molecule has 0 aromatic heterocycles. The van der Waals surface area contributed by atoms with Gasteiger partial charge in [-0.3, -0.25) is 9.80 Å². The topological polar surface area (TPSA) is 44.4 Å². The van der Waals surface area contributed by atoms with Crippen LogP contribution in [0, 0.1) is 17.8 Å². The molecule has 23 heavy (non-hydrogen) atoms. The molecule has 2 aliphatic rings. The lowest BCUT2D eigenvalue weighted by Crippen LogP contribution is -2.46. The van der Waals surface area contributed by atoms with Crippen LogP contribution in [-0.2, 0) is 4.79 Å². The standard InChI is InChI=1S/C18H32FN3O/c1-11(2)10-12(3)14-8-6-7-9-15(14)20-18(23)16-13(4)21-22(5)17(16)19/h11-15,21H,6-10H2,1-5H3,(H,20,23). The molecule has 2 rings (SSSR count). The quantitative estimate of drug-likeness (QED) is 0.762. The van der Waals surface area contributed by atoms with Crippen LogP contribution < -0.4 is 10.7 Å². The van der Waals surface area contributed by atoms with Gasteiger partial charge in [-0.1, -0.05) is 33.6 Å². The number of hydrazine groups is 1. The Balaban J connectivity index is 2.05. The first-order valence-corrected chi connectivity index (χ1v) is 9.01. The van der Waals surface area contributed by atoms with Gasteiger partial charge in [-0.2, -0.15) is 4.39 Å². The molecule has 0 bridgehead atoms. The number of rotatable bonds is 5. The Labute approximate surface area is 139 Å². The minimum atomic E-state index is -0.461. The summed E-state index contributed by atoms with van der Waals surface area (Å²) >= 11 is 0. The predicted octanol–water partition coefficient (Wildman–Crippen LogP) is 3.36. The Hall–Kier alpha value is -1.10. The maximum Gasteiger partial charge on any atom is 0.253 e. The SMILES string of the molecule is CC(C)CC(C)C1CCCCC1NC(=O)C1=C(F)N(C)NC1C. The van der Waals surface area contributed by atoms with Crippen molar-refractivity contribution in [2.24, 2.45) is 17.8 Å². The van der Waals surface area contributed by atoms with E-state index < -0.39 is 5.95 Å². The molecule has 1 aliphatic carbocycles. The van der Waals surface area contributed by atoms with Crippen LogP contribution in [0.3, 0.4) is 0 Å². The second kappa shape index (κ2) is 7.65. The van der Waals surface area contributed by atoms with Crippen molar-refractivity contribution in [3.05, 3.63) is 11.5 Å². The number of hydrogen-bond acceptors (Lipinski definition) is 3. The number of amides is 1. The van der Waals surface area contributed by atoms with Gasteiger partial charge in [-0.05, 0) is 43.9 Å². The number of nitrogens with one attached hydrogen (secondary N) is 2. The third kappa shape index (κ3) is 4.25. The van der Waals surface area contributed by atoms with Crippen LogP contribution in [0.4, 0.5) is 4.39 Å². The molecule has 1 heterocycles. The van der Waals surface area contributed by atoms with Gasteiger partial charge in [-0.25, -0.2) is 5.43 Å². The van der Waals surface area contributed by atoms with Gasteiger partial charge in [0, 0.05) is 13.1 Å². The summed E-state index contributed by atoms with van der Waals surface area (Å²) in [5, 5.41) is 4.43. The first-order chi connectivity index (χ1) is 10.8. The molecule has 1 amide bonds. The number of halogens is 1. The monoisotopic (exact) mass is 325 g/mol. The highest BCUT2D eigenvalue weighted by molar-refractivity contribution is 5.95. The second-order valence-corrected chi connectivity index (χ2v) is 7.75. The molecular formula is C18H32FN3O. The Morgan fingerprint density at radius 3 is 2.57 bits per heavy atom. The van der Waals surface area contributed by atoms with Crippen LogP contribution in [0.2, 0.25) is 0 Å².